The fourth-order valence-corrected chi connectivity index (χ4v) is 3.57. The molecule has 1 heteroatoms. The molecule has 2 aromatic rings. The average molecular weight is 264 g/mol. The highest BCUT2D eigenvalue weighted by molar-refractivity contribution is 5.25. The summed E-state index contributed by atoms with van der Waals surface area (Å²) in [5.41, 5.74) is 2.86. The Kier molecular flexibility index (Phi) is 3.45. The van der Waals surface area contributed by atoms with E-state index in [0.717, 1.165) is 11.0 Å². The number of likely N-dealkylation sites (N-methyl/N-ethyl adjacent to an activating group) is 1. The summed E-state index contributed by atoms with van der Waals surface area (Å²) in [4.78, 5) is 0. The van der Waals surface area contributed by atoms with E-state index in [9.17, 15) is 0 Å². The Morgan fingerprint density at radius 1 is 1.05 bits per heavy atom. The fourth-order valence-electron chi connectivity index (χ4n) is 3.57. The van der Waals surface area contributed by atoms with Crippen molar-refractivity contribution in [2.75, 3.05) is 13.6 Å². The largest absolute Gasteiger partial charge is 0.315 e. The first-order valence-electron chi connectivity index (χ1n) is 7.28. The van der Waals surface area contributed by atoms with Crippen molar-refractivity contribution in [1.29, 1.82) is 0 Å². The van der Waals surface area contributed by atoms with Gasteiger partial charge in [-0.1, -0.05) is 67.2 Å². The van der Waals surface area contributed by atoms with Crippen molar-refractivity contribution in [1.82, 2.24) is 0 Å². The van der Waals surface area contributed by atoms with Crippen molar-refractivity contribution in [2.24, 2.45) is 0 Å². The number of benzene rings is 2. The van der Waals surface area contributed by atoms with Crippen LogP contribution in [0, 0.1) is 0 Å². The van der Waals surface area contributed by atoms with Crippen LogP contribution in [0.25, 0.3) is 0 Å². The van der Waals surface area contributed by atoms with Gasteiger partial charge in [-0.2, -0.15) is 0 Å². The molecule has 0 aromatic heterocycles. The molecule has 1 fully saturated rings. The van der Waals surface area contributed by atoms with Crippen LogP contribution in [0.3, 0.4) is 0 Å². The molecule has 20 heavy (non-hydrogen) atoms. The highest BCUT2D eigenvalue weighted by Gasteiger charge is 2.50. The number of nitrogens with zero attached hydrogens (tertiary/aromatic N) is 1. The van der Waals surface area contributed by atoms with E-state index in [-0.39, 0.29) is 0 Å². The van der Waals surface area contributed by atoms with Crippen molar-refractivity contribution in [3.05, 3.63) is 84.4 Å². The van der Waals surface area contributed by atoms with Crippen molar-refractivity contribution < 1.29 is 4.48 Å². The second-order valence-corrected chi connectivity index (χ2v) is 6.05. The molecular formula is C19H22N+. The molecule has 102 valence electrons. The Morgan fingerprint density at radius 2 is 1.65 bits per heavy atom. The van der Waals surface area contributed by atoms with Crippen molar-refractivity contribution in [2.45, 2.75) is 18.5 Å². The fraction of sp³-hybridized carbons (Fsp3) is 0.263. The maximum atomic E-state index is 4.08. The van der Waals surface area contributed by atoms with Gasteiger partial charge in [0.15, 0.2) is 0 Å². The lowest BCUT2D eigenvalue weighted by molar-refractivity contribution is -0.981. The summed E-state index contributed by atoms with van der Waals surface area (Å²) in [6, 6.07) is 22.1. The van der Waals surface area contributed by atoms with Crippen LogP contribution in [-0.2, 0) is 6.54 Å². The average Bonchev–Trinajstić information content (AvgIpc) is 2.47. The molecule has 1 aliphatic rings. The van der Waals surface area contributed by atoms with E-state index in [2.05, 4.69) is 80.4 Å². The summed E-state index contributed by atoms with van der Waals surface area (Å²) in [5, 5.41) is 0. The van der Waals surface area contributed by atoms with Crippen LogP contribution >= 0.6 is 0 Å². The van der Waals surface area contributed by atoms with Gasteiger partial charge in [0.1, 0.15) is 12.6 Å². The highest BCUT2D eigenvalue weighted by atomic mass is 15.4. The second-order valence-electron chi connectivity index (χ2n) is 6.05. The molecular weight excluding hydrogens is 242 g/mol. The van der Waals surface area contributed by atoms with Crippen LogP contribution in [0.2, 0.25) is 0 Å². The summed E-state index contributed by atoms with van der Waals surface area (Å²) >= 11 is 0. The van der Waals surface area contributed by atoms with Gasteiger partial charge in [0.25, 0.3) is 0 Å². The van der Waals surface area contributed by atoms with Crippen LogP contribution in [0.5, 0.6) is 0 Å². The summed E-state index contributed by atoms with van der Waals surface area (Å²) in [6.45, 7) is 6.35. The third kappa shape index (κ3) is 2.30. The van der Waals surface area contributed by atoms with E-state index >= 15 is 0 Å². The van der Waals surface area contributed by atoms with Gasteiger partial charge in [-0.05, 0) is 11.6 Å². The summed E-state index contributed by atoms with van der Waals surface area (Å²) < 4.78 is 1.06. The van der Waals surface area contributed by atoms with Gasteiger partial charge in [-0.3, -0.25) is 0 Å². The van der Waals surface area contributed by atoms with Gasteiger partial charge < -0.3 is 4.48 Å². The molecule has 0 spiro atoms. The Morgan fingerprint density at radius 3 is 2.25 bits per heavy atom. The molecule has 0 bridgehead atoms. The molecule has 1 nitrogen and oxygen atoms in total. The molecule has 2 aromatic carbocycles. The lowest BCUT2D eigenvalue weighted by Crippen LogP contribution is -2.65. The highest BCUT2D eigenvalue weighted by Crippen LogP contribution is 2.41. The van der Waals surface area contributed by atoms with E-state index < -0.39 is 0 Å². The first-order chi connectivity index (χ1) is 9.73. The molecule has 1 heterocycles. The zero-order chi connectivity index (χ0) is 14.0. The predicted octanol–water partition coefficient (Wildman–Crippen LogP) is 3.99. The second kappa shape index (κ2) is 5.26. The molecule has 3 atom stereocenters. The third-order valence-electron chi connectivity index (χ3n) is 4.60. The van der Waals surface area contributed by atoms with Gasteiger partial charge in [-0.25, -0.2) is 0 Å². The van der Waals surface area contributed by atoms with E-state index in [1.807, 2.05) is 0 Å². The van der Waals surface area contributed by atoms with E-state index in [0.29, 0.717) is 12.0 Å². The predicted molar refractivity (Wildman–Crippen MR) is 84.4 cm³/mol. The van der Waals surface area contributed by atoms with Gasteiger partial charge in [0, 0.05) is 5.56 Å². The SMILES string of the molecule is C=C[C@H]1[C@H](c2ccccc2)C[N+]1(C)Cc1ccccc1. The summed E-state index contributed by atoms with van der Waals surface area (Å²) in [7, 11) is 2.35. The maximum Gasteiger partial charge on any atom is 0.120 e. The quantitative estimate of drug-likeness (QED) is 0.578. The molecule has 0 radical (unpaired) electrons. The van der Waals surface area contributed by atoms with E-state index in [4.69, 9.17) is 0 Å². The molecule has 1 saturated heterocycles. The molecule has 1 aliphatic heterocycles. The van der Waals surface area contributed by atoms with Crippen LogP contribution in [-0.4, -0.2) is 24.1 Å². The number of rotatable bonds is 4. The Bertz CT molecular complexity index is 575. The molecule has 0 amide bonds. The molecule has 3 rings (SSSR count). The minimum absolute atomic E-state index is 0.512. The number of likely N-dealkylation sites (tertiary alicyclic amines) is 1. The monoisotopic (exact) mass is 264 g/mol. The summed E-state index contributed by atoms with van der Waals surface area (Å²) in [5.74, 6) is 0.613. The van der Waals surface area contributed by atoms with Gasteiger partial charge in [0.2, 0.25) is 0 Å². The normalized spacial score (nSPS) is 28.6. The first kappa shape index (κ1) is 13.1. The zero-order valence-electron chi connectivity index (χ0n) is 12.1. The molecule has 0 N–H and O–H groups in total. The van der Waals surface area contributed by atoms with Crippen molar-refractivity contribution in [3.63, 3.8) is 0 Å². The zero-order valence-corrected chi connectivity index (χ0v) is 12.1. The minimum Gasteiger partial charge on any atom is -0.315 e. The van der Waals surface area contributed by atoms with E-state index in [1.165, 1.54) is 17.7 Å². The standard InChI is InChI=1S/C19H22N/c1-3-19-18(17-12-8-5-9-13-17)15-20(19,2)14-16-10-6-4-7-11-16/h3-13,18-19H,1,14-15H2,2H3/q+1/t18-,19-,20?/m0/s1. The summed E-state index contributed by atoms with van der Waals surface area (Å²) in [6.07, 6.45) is 2.14. The van der Waals surface area contributed by atoms with Gasteiger partial charge in [-0.15, -0.1) is 0 Å². The van der Waals surface area contributed by atoms with E-state index in [1.54, 1.807) is 0 Å². The minimum atomic E-state index is 0.512. The van der Waals surface area contributed by atoms with Crippen LogP contribution < -0.4 is 0 Å². The van der Waals surface area contributed by atoms with Crippen LogP contribution in [0.1, 0.15) is 17.0 Å². The Balaban J connectivity index is 1.78. The van der Waals surface area contributed by atoms with Crippen LogP contribution in [0.4, 0.5) is 0 Å². The Hall–Kier alpha value is -1.86. The number of quaternary nitrogens is 1. The van der Waals surface area contributed by atoms with Crippen molar-refractivity contribution >= 4 is 0 Å². The van der Waals surface area contributed by atoms with Gasteiger partial charge >= 0.3 is 0 Å². The Labute approximate surface area is 121 Å². The topological polar surface area (TPSA) is 0 Å². The molecule has 1 unspecified atom stereocenters. The molecule has 0 aliphatic carbocycles. The molecule has 0 saturated carbocycles. The third-order valence-corrected chi connectivity index (χ3v) is 4.60. The number of hydrogen-bond donors (Lipinski definition) is 0. The number of hydrogen-bond acceptors (Lipinski definition) is 0. The van der Waals surface area contributed by atoms with Crippen molar-refractivity contribution in [3.8, 4) is 0 Å². The lowest BCUT2D eigenvalue weighted by Gasteiger charge is -2.54. The maximum absolute atomic E-state index is 4.08. The van der Waals surface area contributed by atoms with Gasteiger partial charge in [0.05, 0.1) is 19.5 Å². The first-order valence-corrected chi connectivity index (χ1v) is 7.28. The van der Waals surface area contributed by atoms with Crippen LogP contribution in [0.15, 0.2) is 73.3 Å². The lowest BCUT2D eigenvalue weighted by atomic mass is 9.79. The smallest absolute Gasteiger partial charge is 0.120 e.